The number of aromatic nitrogens is 4. The average molecular weight is 1360 g/mol. The first-order valence-electron chi connectivity index (χ1n) is 32.7. The van der Waals surface area contributed by atoms with Gasteiger partial charge in [-0.15, -0.1) is 0 Å². The minimum Gasteiger partial charge on any atom is -0.307 e. The highest BCUT2D eigenvalue weighted by Crippen LogP contribution is 2.49. The molecule has 0 aliphatic rings. The number of hydrogen-bond acceptors (Lipinski definition) is 1. The number of fused-ring (bicyclic) bond motifs is 12. The smallest absolute Gasteiger partial charge is 0.307 e. The number of aryl methyl sites for hydroxylation is 8. The molecule has 16 aromatic rings. The van der Waals surface area contributed by atoms with Crippen molar-refractivity contribution in [3.63, 3.8) is 0 Å². The Morgan fingerprint density at radius 3 is 0.784 bits per heavy atom. The van der Waals surface area contributed by atoms with Gasteiger partial charge in [0.2, 0.25) is 0 Å². The van der Waals surface area contributed by atoms with Crippen molar-refractivity contribution >= 4 is 98.6 Å². The minimum atomic E-state index is -4.98. The van der Waals surface area contributed by atoms with Gasteiger partial charge in [0.05, 0.1) is 97.2 Å². The largest absolute Gasteiger partial charge is 0.417 e. The molecule has 16 rings (SSSR count). The van der Waals surface area contributed by atoms with E-state index >= 15 is 13.2 Å². The lowest BCUT2D eigenvalue weighted by atomic mass is 9.95. The topological polar surface area (TPSA) is 52.2 Å². The fourth-order valence-corrected chi connectivity index (χ4v) is 14.7. The van der Waals surface area contributed by atoms with Crippen molar-refractivity contribution in [3.05, 3.63) is 296 Å². The Kier molecular flexibility index (Phi) is 15.4. The zero-order chi connectivity index (χ0) is 71.9. The summed E-state index contributed by atoms with van der Waals surface area (Å²) in [5.74, 6) is 0. The molecular formula is C86H58F9N7. The van der Waals surface area contributed by atoms with Crippen molar-refractivity contribution in [1.29, 1.82) is 5.26 Å². The van der Waals surface area contributed by atoms with Crippen molar-refractivity contribution in [1.82, 2.24) is 18.3 Å². The number of hydrogen-bond donors (Lipinski definition) is 0. The molecule has 0 amide bonds. The lowest BCUT2D eigenvalue weighted by molar-refractivity contribution is -0.138. The minimum absolute atomic E-state index is 0.149. The van der Waals surface area contributed by atoms with E-state index in [0.29, 0.717) is 45.8 Å². The molecule has 0 radical (unpaired) electrons. The van der Waals surface area contributed by atoms with Gasteiger partial charge in [-0.2, -0.15) is 44.8 Å². The Morgan fingerprint density at radius 2 is 0.539 bits per heavy atom. The summed E-state index contributed by atoms with van der Waals surface area (Å²) in [7, 11) is 0. The molecule has 0 saturated carbocycles. The quantitative estimate of drug-likeness (QED) is 0.121. The molecule has 102 heavy (non-hydrogen) atoms. The van der Waals surface area contributed by atoms with Crippen LogP contribution in [0.1, 0.15) is 66.8 Å². The molecule has 4 heterocycles. The molecule has 0 unspecified atom stereocenters. The lowest BCUT2D eigenvalue weighted by Gasteiger charge is -2.23. The van der Waals surface area contributed by atoms with Crippen LogP contribution in [0.25, 0.3) is 142 Å². The summed E-state index contributed by atoms with van der Waals surface area (Å²) in [4.78, 5) is 6.55. The number of nitriles is 1. The second-order valence-corrected chi connectivity index (χ2v) is 26.6. The first-order valence-corrected chi connectivity index (χ1v) is 32.7. The highest BCUT2D eigenvalue weighted by atomic mass is 19.4. The lowest BCUT2D eigenvalue weighted by Crippen LogP contribution is -2.12. The van der Waals surface area contributed by atoms with Crippen LogP contribution in [0.2, 0.25) is 0 Å². The van der Waals surface area contributed by atoms with E-state index in [1.165, 1.54) is 12.1 Å². The van der Waals surface area contributed by atoms with Crippen molar-refractivity contribution < 1.29 is 39.5 Å². The van der Waals surface area contributed by atoms with E-state index in [4.69, 9.17) is 13.1 Å². The predicted molar refractivity (Wildman–Crippen MR) is 391 cm³/mol. The predicted octanol–water partition coefficient (Wildman–Crippen LogP) is 25.6. The van der Waals surface area contributed by atoms with E-state index in [0.717, 1.165) is 145 Å². The molecule has 500 valence electrons. The van der Waals surface area contributed by atoms with Gasteiger partial charge < -0.3 is 18.3 Å². The van der Waals surface area contributed by atoms with Crippen LogP contribution in [-0.4, -0.2) is 18.3 Å². The first kappa shape index (κ1) is 65.6. The monoisotopic (exact) mass is 1360 g/mol. The molecule has 16 heteroatoms. The van der Waals surface area contributed by atoms with Crippen molar-refractivity contribution in [2.45, 2.75) is 73.9 Å². The van der Waals surface area contributed by atoms with Gasteiger partial charge in [0.25, 0.3) is 0 Å². The van der Waals surface area contributed by atoms with Gasteiger partial charge in [-0.1, -0.05) is 93.0 Å². The van der Waals surface area contributed by atoms with Gasteiger partial charge in [0, 0.05) is 59.8 Å². The maximum absolute atomic E-state index is 15.4. The standard InChI is InChI=1S/C43H29F6N3.C43H29F3N4/c1-23-6-10-36-31(14-23)32-15-24(2)7-11-37(32)51(36)40-21-30(27-18-28(42(44,45)46)20-29(19-27)50-5)35(43(47,48)49)22-41(40)52-38-12-8-25(3)16-33(38)34-17-26(4)9-13-39(34)52;1-24-6-10-37-33(14-24)34-15-25(2)7-11-38(34)49(37)41-20-29(23-47)32(28-18-30(43(44,45)46)21-31(19-28)48-5)22-42(41)50-39-12-8-26(3)16-35(39)36-17-27(4)9-13-40(36)50/h6-22H,1-4H3;6-22H,1-4H3. The molecule has 12 aromatic carbocycles. The van der Waals surface area contributed by atoms with Gasteiger partial charge in [-0.3, -0.25) is 0 Å². The summed E-state index contributed by atoms with van der Waals surface area (Å²) in [6.45, 7) is 31.1. The van der Waals surface area contributed by atoms with Crippen molar-refractivity contribution in [2.75, 3.05) is 0 Å². The first-order chi connectivity index (χ1) is 48.6. The highest BCUT2D eigenvalue weighted by molar-refractivity contribution is 6.14. The third-order valence-corrected chi connectivity index (χ3v) is 19.3. The van der Waals surface area contributed by atoms with Crippen molar-refractivity contribution in [3.8, 4) is 51.1 Å². The molecule has 0 aliphatic carbocycles. The molecule has 0 bridgehead atoms. The molecule has 0 aliphatic heterocycles. The van der Waals surface area contributed by atoms with Crippen LogP contribution in [0.15, 0.2) is 206 Å². The van der Waals surface area contributed by atoms with Gasteiger partial charge in [0.15, 0.2) is 11.4 Å². The summed E-state index contributed by atoms with van der Waals surface area (Å²) in [5.41, 5.74) is 12.8. The van der Waals surface area contributed by atoms with E-state index in [9.17, 15) is 31.6 Å². The number of nitrogens with zero attached hydrogens (tertiary/aromatic N) is 7. The van der Waals surface area contributed by atoms with E-state index < -0.39 is 46.5 Å². The Balaban J connectivity index is 0.000000165. The summed E-state index contributed by atoms with van der Waals surface area (Å²) in [6, 6.07) is 62.5. The van der Waals surface area contributed by atoms with E-state index in [1.54, 1.807) is 6.07 Å². The molecule has 0 atom stereocenters. The van der Waals surface area contributed by atoms with Gasteiger partial charge in [-0.05, 0) is 230 Å². The Hall–Kier alpha value is -12.3. The fraction of sp³-hybridized carbons (Fsp3) is 0.128. The number of rotatable bonds is 6. The normalized spacial score (nSPS) is 12.1. The van der Waals surface area contributed by atoms with Crippen molar-refractivity contribution in [2.24, 2.45) is 0 Å². The third kappa shape index (κ3) is 11.1. The molecule has 0 N–H and O–H groups in total. The Labute approximate surface area is 579 Å². The summed E-state index contributed by atoms with van der Waals surface area (Å²) in [5, 5.41) is 18.3. The van der Waals surface area contributed by atoms with E-state index in [1.807, 2.05) is 130 Å². The number of benzene rings is 12. The van der Waals surface area contributed by atoms with Crippen LogP contribution in [0, 0.1) is 79.9 Å². The van der Waals surface area contributed by atoms with Crippen LogP contribution in [0.5, 0.6) is 0 Å². The van der Waals surface area contributed by atoms with E-state index in [2.05, 4.69) is 112 Å². The maximum atomic E-state index is 15.4. The zero-order valence-electron chi connectivity index (χ0n) is 56.2. The van der Waals surface area contributed by atoms with Crippen LogP contribution in [-0.2, 0) is 18.5 Å². The van der Waals surface area contributed by atoms with Gasteiger partial charge in [0.1, 0.15) is 0 Å². The number of alkyl halides is 9. The molecule has 4 aromatic heterocycles. The third-order valence-electron chi connectivity index (χ3n) is 19.3. The summed E-state index contributed by atoms with van der Waals surface area (Å²) in [6.07, 6.45) is -14.5. The second kappa shape index (κ2) is 24.0. The molecule has 0 saturated heterocycles. The highest BCUT2D eigenvalue weighted by Gasteiger charge is 2.38. The van der Waals surface area contributed by atoms with Crippen LogP contribution >= 0.6 is 0 Å². The van der Waals surface area contributed by atoms with Gasteiger partial charge in [-0.25, -0.2) is 9.69 Å². The Bertz CT molecular complexity index is 6180. The van der Waals surface area contributed by atoms with Crippen LogP contribution in [0.4, 0.5) is 50.9 Å². The second-order valence-electron chi connectivity index (χ2n) is 26.6. The summed E-state index contributed by atoms with van der Waals surface area (Å²) >= 11 is 0. The zero-order valence-corrected chi connectivity index (χ0v) is 56.2. The van der Waals surface area contributed by atoms with E-state index in [-0.39, 0.29) is 28.1 Å². The molecule has 0 fully saturated rings. The van der Waals surface area contributed by atoms with Crippen LogP contribution in [0.3, 0.4) is 0 Å². The molecule has 0 spiro atoms. The maximum Gasteiger partial charge on any atom is 0.417 e. The average Bonchev–Trinajstić information content (AvgIpc) is 1.54. The number of halogens is 9. The van der Waals surface area contributed by atoms with Crippen LogP contribution < -0.4 is 0 Å². The molecular weight excluding hydrogens is 1300 g/mol. The molecule has 7 nitrogen and oxygen atoms in total. The summed E-state index contributed by atoms with van der Waals surface area (Å²) < 4.78 is 139. The Morgan fingerprint density at radius 1 is 0.294 bits per heavy atom. The van der Waals surface area contributed by atoms with Gasteiger partial charge >= 0.3 is 18.5 Å². The fourth-order valence-electron chi connectivity index (χ4n) is 14.7. The SMILES string of the molecule is [C-]#[N+]c1cc(-c2cc(-n3c4ccc(C)cc4c4cc(C)ccc43)c(-n3c4ccc(C)cc4c4cc(C)ccc43)cc2C#N)cc(C(F)(F)F)c1.[C-]#[N+]c1cc(-c2cc(-n3c4ccc(C)cc4c4cc(C)ccc43)c(-n3c4ccc(C)cc4c4cc(C)ccc43)cc2C(F)(F)F)cc(C(F)(F)F)c1.